The predicted molar refractivity (Wildman–Crippen MR) is 81.8 cm³/mol. The first-order valence-electron chi connectivity index (χ1n) is 7.30. The monoisotopic (exact) mass is 289 g/mol. The number of fused-ring (bicyclic) bond motifs is 2. The van der Waals surface area contributed by atoms with E-state index in [-0.39, 0.29) is 0 Å². The van der Waals surface area contributed by atoms with Gasteiger partial charge < -0.3 is 10.5 Å². The molecule has 0 spiro atoms. The molecule has 1 saturated heterocycles. The molecule has 0 radical (unpaired) electrons. The van der Waals surface area contributed by atoms with Crippen LogP contribution in [0.4, 0.5) is 5.13 Å². The zero-order valence-electron chi connectivity index (χ0n) is 11.4. The highest BCUT2D eigenvalue weighted by Gasteiger charge is 2.35. The molecule has 2 aliphatic rings. The van der Waals surface area contributed by atoms with Gasteiger partial charge in [0.1, 0.15) is 0 Å². The normalized spacial score (nSPS) is 27.0. The molecule has 4 nitrogen and oxygen atoms in total. The summed E-state index contributed by atoms with van der Waals surface area (Å²) < 4.78 is 7.07. The van der Waals surface area contributed by atoms with Crippen molar-refractivity contribution >= 4 is 26.7 Å². The highest BCUT2D eigenvalue weighted by Crippen LogP contribution is 2.31. The largest absolute Gasteiger partial charge is 0.375 e. The van der Waals surface area contributed by atoms with Crippen molar-refractivity contribution in [3.63, 3.8) is 0 Å². The first-order valence-corrected chi connectivity index (χ1v) is 8.12. The Bertz CT molecular complexity index is 627. The second kappa shape index (κ2) is 4.98. The van der Waals surface area contributed by atoms with E-state index in [1.54, 1.807) is 11.3 Å². The Labute approximate surface area is 122 Å². The van der Waals surface area contributed by atoms with Crippen molar-refractivity contribution < 1.29 is 4.74 Å². The number of hydrogen-bond donors (Lipinski definition) is 1. The van der Waals surface area contributed by atoms with Gasteiger partial charge in [-0.25, -0.2) is 4.98 Å². The third-order valence-corrected chi connectivity index (χ3v) is 5.30. The van der Waals surface area contributed by atoms with Crippen molar-refractivity contribution in [2.45, 2.75) is 38.0 Å². The maximum atomic E-state index is 5.88. The molecule has 1 aliphatic carbocycles. The zero-order valence-corrected chi connectivity index (χ0v) is 12.2. The number of thiazole rings is 1. The molecule has 2 N–H and O–H groups in total. The Morgan fingerprint density at radius 2 is 2.35 bits per heavy atom. The van der Waals surface area contributed by atoms with Gasteiger partial charge in [0, 0.05) is 19.1 Å². The van der Waals surface area contributed by atoms with Crippen LogP contribution in [0.25, 0.3) is 10.2 Å². The number of morpholine rings is 1. The van der Waals surface area contributed by atoms with Crippen LogP contribution in [0.15, 0.2) is 18.2 Å². The molecule has 1 saturated carbocycles. The molecular weight excluding hydrogens is 270 g/mol. The fourth-order valence-electron chi connectivity index (χ4n) is 3.52. The molecule has 1 aromatic carbocycles. The van der Waals surface area contributed by atoms with Gasteiger partial charge in [0.15, 0.2) is 5.13 Å². The topological polar surface area (TPSA) is 51.4 Å². The molecule has 20 heavy (non-hydrogen) atoms. The molecule has 2 aromatic rings. The summed E-state index contributed by atoms with van der Waals surface area (Å²) in [6, 6.07) is 7.12. The highest BCUT2D eigenvalue weighted by molar-refractivity contribution is 7.22. The van der Waals surface area contributed by atoms with Gasteiger partial charge in [-0.2, -0.15) is 0 Å². The molecule has 1 aromatic heterocycles. The second-order valence-electron chi connectivity index (χ2n) is 5.73. The van der Waals surface area contributed by atoms with Crippen LogP contribution in [0.2, 0.25) is 0 Å². The van der Waals surface area contributed by atoms with Crippen LogP contribution in [-0.4, -0.2) is 35.2 Å². The van der Waals surface area contributed by atoms with Crippen LogP contribution in [-0.2, 0) is 11.3 Å². The van der Waals surface area contributed by atoms with Gasteiger partial charge >= 0.3 is 0 Å². The van der Waals surface area contributed by atoms with Crippen molar-refractivity contribution in [2.24, 2.45) is 0 Å². The van der Waals surface area contributed by atoms with Crippen molar-refractivity contribution in [3.05, 3.63) is 23.8 Å². The Hall–Kier alpha value is -1.17. The van der Waals surface area contributed by atoms with E-state index in [0.717, 1.165) is 25.2 Å². The molecular formula is C15H19N3OS. The second-order valence-corrected chi connectivity index (χ2v) is 6.79. The summed E-state index contributed by atoms with van der Waals surface area (Å²) in [5.74, 6) is 0. The van der Waals surface area contributed by atoms with E-state index < -0.39 is 0 Å². The van der Waals surface area contributed by atoms with Gasteiger partial charge in [0.05, 0.1) is 22.9 Å². The van der Waals surface area contributed by atoms with Crippen LogP contribution in [0, 0.1) is 0 Å². The molecule has 2 atom stereocenters. The molecule has 2 heterocycles. The SMILES string of the molecule is Nc1nc2ccc(CN3CCOC4CCCC43)cc2s1. The van der Waals surface area contributed by atoms with Gasteiger partial charge in [-0.3, -0.25) is 4.90 Å². The molecule has 4 rings (SSSR count). The third-order valence-electron chi connectivity index (χ3n) is 4.45. The van der Waals surface area contributed by atoms with Gasteiger partial charge in [-0.1, -0.05) is 17.4 Å². The van der Waals surface area contributed by atoms with E-state index in [2.05, 4.69) is 28.1 Å². The highest BCUT2D eigenvalue weighted by atomic mass is 32.1. The minimum absolute atomic E-state index is 0.464. The lowest BCUT2D eigenvalue weighted by atomic mass is 10.1. The number of ether oxygens (including phenoxy) is 1. The summed E-state index contributed by atoms with van der Waals surface area (Å²) in [6.07, 6.45) is 4.27. The summed E-state index contributed by atoms with van der Waals surface area (Å²) in [7, 11) is 0. The minimum Gasteiger partial charge on any atom is -0.375 e. The average Bonchev–Trinajstić information content (AvgIpc) is 3.03. The minimum atomic E-state index is 0.464. The van der Waals surface area contributed by atoms with E-state index in [0.29, 0.717) is 17.3 Å². The fourth-order valence-corrected chi connectivity index (χ4v) is 4.32. The first kappa shape index (κ1) is 12.6. The Morgan fingerprint density at radius 3 is 3.30 bits per heavy atom. The quantitative estimate of drug-likeness (QED) is 0.923. The van der Waals surface area contributed by atoms with Gasteiger partial charge in [-0.15, -0.1) is 0 Å². The number of nitrogens with two attached hydrogens (primary N) is 1. The summed E-state index contributed by atoms with van der Waals surface area (Å²) in [6.45, 7) is 2.93. The maximum Gasteiger partial charge on any atom is 0.181 e. The van der Waals surface area contributed by atoms with Crippen molar-refractivity contribution in [1.82, 2.24) is 9.88 Å². The number of rotatable bonds is 2. The van der Waals surface area contributed by atoms with Gasteiger partial charge in [-0.05, 0) is 37.0 Å². The molecule has 5 heteroatoms. The number of nitrogen functional groups attached to an aromatic ring is 1. The summed E-state index contributed by atoms with van der Waals surface area (Å²) in [5.41, 5.74) is 8.14. The number of hydrogen-bond acceptors (Lipinski definition) is 5. The number of nitrogens with zero attached hydrogens (tertiary/aromatic N) is 2. The van der Waals surface area contributed by atoms with Crippen LogP contribution in [0.3, 0.4) is 0 Å². The molecule has 0 bridgehead atoms. The van der Waals surface area contributed by atoms with Gasteiger partial charge in [0.2, 0.25) is 0 Å². The molecule has 0 amide bonds. The molecule has 1 aliphatic heterocycles. The zero-order chi connectivity index (χ0) is 13.5. The van der Waals surface area contributed by atoms with Crippen molar-refractivity contribution in [1.29, 1.82) is 0 Å². The average molecular weight is 289 g/mol. The van der Waals surface area contributed by atoms with Crippen LogP contribution < -0.4 is 5.73 Å². The predicted octanol–water partition coefficient (Wildman–Crippen LogP) is 2.63. The number of aromatic nitrogens is 1. The molecule has 106 valence electrons. The van der Waals surface area contributed by atoms with E-state index >= 15 is 0 Å². The summed E-state index contributed by atoms with van der Waals surface area (Å²) in [4.78, 5) is 6.91. The van der Waals surface area contributed by atoms with E-state index in [9.17, 15) is 0 Å². The number of anilines is 1. The maximum absolute atomic E-state index is 5.88. The van der Waals surface area contributed by atoms with E-state index in [1.165, 1.54) is 29.5 Å². The van der Waals surface area contributed by atoms with Crippen LogP contribution in [0.5, 0.6) is 0 Å². The smallest absolute Gasteiger partial charge is 0.181 e. The Morgan fingerprint density at radius 1 is 1.40 bits per heavy atom. The number of benzene rings is 1. The molecule has 2 unspecified atom stereocenters. The standard InChI is InChI=1S/C15H19N3OS/c16-15-17-11-5-4-10(8-14(11)20-15)9-18-6-7-19-13-3-1-2-12(13)18/h4-5,8,12-13H,1-3,6-7,9H2,(H2,16,17). The summed E-state index contributed by atoms with van der Waals surface area (Å²) in [5, 5.41) is 0.652. The van der Waals surface area contributed by atoms with Crippen LogP contribution in [0.1, 0.15) is 24.8 Å². The Kier molecular flexibility index (Phi) is 3.13. The molecule has 2 fully saturated rings. The lowest BCUT2D eigenvalue weighted by Crippen LogP contribution is -2.47. The van der Waals surface area contributed by atoms with Crippen molar-refractivity contribution in [2.75, 3.05) is 18.9 Å². The van der Waals surface area contributed by atoms with Crippen molar-refractivity contribution in [3.8, 4) is 0 Å². The van der Waals surface area contributed by atoms with Gasteiger partial charge in [0.25, 0.3) is 0 Å². The fraction of sp³-hybridized carbons (Fsp3) is 0.533. The Balaban J connectivity index is 1.56. The third kappa shape index (κ3) is 2.20. The van der Waals surface area contributed by atoms with E-state index in [4.69, 9.17) is 10.5 Å². The van der Waals surface area contributed by atoms with Crippen LogP contribution >= 0.6 is 11.3 Å². The lowest BCUT2D eigenvalue weighted by Gasteiger charge is -2.37. The first-order chi connectivity index (χ1) is 9.79. The van der Waals surface area contributed by atoms with E-state index in [1.807, 2.05) is 0 Å². The summed E-state index contributed by atoms with van der Waals surface area (Å²) >= 11 is 1.57. The lowest BCUT2D eigenvalue weighted by molar-refractivity contribution is -0.0588.